The van der Waals surface area contributed by atoms with Gasteiger partial charge in [-0.1, -0.05) is 333 Å². The summed E-state index contributed by atoms with van der Waals surface area (Å²) in [5.74, 6) is 4.72. The highest BCUT2D eigenvalue weighted by atomic mass is 79.9. The van der Waals surface area contributed by atoms with E-state index in [9.17, 15) is 0 Å². The van der Waals surface area contributed by atoms with E-state index in [1.54, 1.807) is 18.3 Å². The van der Waals surface area contributed by atoms with Gasteiger partial charge >= 0.3 is 28.3 Å². The number of para-hydroxylation sites is 9. The van der Waals surface area contributed by atoms with Crippen LogP contribution in [0.2, 0.25) is 10.0 Å². The third-order valence-corrected chi connectivity index (χ3v) is 32.1. The van der Waals surface area contributed by atoms with Gasteiger partial charge in [0.15, 0.2) is 11.5 Å². The molecule has 0 saturated carbocycles. The van der Waals surface area contributed by atoms with Crippen LogP contribution >= 0.6 is 39.1 Å². The fraction of sp³-hybridized carbons (Fsp3) is 0.175. The van der Waals surface area contributed by atoms with Gasteiger partial charge in [-0.25, -0.2) is 0 Å². The number of fused-ring (bicyclic) bond motifs is 30. The Labute approximate surface area is 840 Å². The van der Waals surface area contributed by atoms with E-state index in [1.807, 2.05) is 128 Å². The third kappa shape index (κ3) is 14.2. The first-order chi connectivity index (χ1) is 68.0. The Morgan fingerprint density at radius 3 is 0.879 bits per heavy atom. The molecule has 3 aliphatic carbocycles. The summed E-state index contributed by atoms with van der Waals surface area (Å²) < 4.78 is 58.5. The van der Waals surface area contributed by atoms with Gasteiger partial charge in [0.25, 0.3) is 0 Å². The molecular weight excluding hydrogens is 1850 g/mol. The molecule has 6 aliphatic heterocycles. The highest BCUT2D eigenvalue weighted by Crippen LogP contribution is 2.68. The van der Waals surface area contributed by atoms with E-state index in [2.05, 4.69) is 322 Å². The normalized spacial score (nSPS) is 17.3. The lowest BCUT2D eigenvalue weighted by molar-refractivity contribution is 0.00578. The van der Waals surface area contributed by atoms with E-state index in [-0.39, 0.29) is 22.4 Å². The van der Waals surface area contributed by atoms with Crippen molar-refractivity contribution < 1.29 is 52.2 Å². The molecule has 141 heavy (non-hydrogen) atoms. The molecule has 2 N–H and O–H groups in total. The van der Waals surface area contributed by atoms with Crippen LogP contribution in [0.4, 0.5) is 0 Å². The summed E-state index contributed by atoms with van der Waals surface area (Å²) in [7, 11) is -2.99. The zero-order valence-corrected chi connectivity index (χ0v) is 83.1. The van der Waals surface area contributed by atoms with Crippen LogP contribution in [-0.2, 0) is 44.2 Å². The monoisotopic (exact) mass is 1950 g/mol. The predicted octanol–water partition coefficient (Wildman–Crippen LogP) is 27.4. The molecule has 3 spiro atoms. The van der Waals surface area contributed by atoms with Crippen LogP contribution in [0.1, 0.15) is 150 Å². The Bertz CT molecular complexity index is 7840. The fourth-order valence-corrected chi connectivity index (χ4v) is 23.2. The molecule has 0 atom stereocenters. The van der Waals surface area contributed by atoms with Crippen molar-refractivity contribution in [1.29, 1.82) is 0 Å². The highest BCUT2D eigenvalue weighted by Gasteiger charge is 2.65. The molecule has 3 saturated heterocycles. The Hall–Kier alpha value is -13.1. The zero-order valence-electron chi connectivity index (χ0n) is 80.0. The van der Waals surface area contributed by atoms with Crippen LogP contribution in [0.25, 0.3) is 88.3 Å². The molecule has 0 amide bonds. The van der Waals surface area contributed by atoms with Gasteiger partial charge < -0.3 is 52.2 Å². The number of rotatable bonds is 5. The van der Waals surface area contributed by atoms with Crippen molar-refractivity contribution in [2.45, 2.75) is 133 Å². The van der Waals surface area contributed by atoms with E-state index in [1.165, 1.54) is 66.8 Å². The average Bonchev–Trinajstić information content (AvgIpc) is 1.55. The lowest BCUT2D eigenvalue weighted by Gasteiger charge is -2.41. The van der Waals surface area contributed by atoms with Gasteiger partial charge in [0, 0.05) is 95.9 Å². The molecule has 21 heteroatoms. The lowest BCUT2D eigenvalue weighted by atomic mass is 9.49. The van der Waals surface area contributed by atoms with Crippen molar-refractivity contribution in [3.63, 3.8) is 0 Å². The van der Waals surface area contributed by atoms with Gasteiger partial charge in [0.1, 0.15) is 23.0 Å². The number of nitrogens with zero attached hydrogens (tertiary/aromatic N) is 3. The molecule has 3 fully saturated rings. The van der Waals surface area contributed by atoms with Gasteiger partial charge in [0.2, 0.25) is 0 Å². The van der Waals surface area contributed by atoms with Crippen molar-refractivity contribution in [1.82, 2.24) is 15.0 Å². The Balaban J connectivity index is 0.000000104. The van der Waals surface area contributed by atoms with Gasteiger partial charge in [-0.3, -0.25) is 15.0 Å². The maximum Gasteiger partial charge on any atom is 0.498 e. The molecule has 0 radical (unpaired) electrons. The summed E-state index contributed by atoms with van der Waals surface area (Å²) >= 11 is 17.2. The first-order valence-electron chi connectivity index (χ1n) is 47.8. The summed E-state index contributed by atoms with van der Waals surface area (Å²) in [6.07, 6.45) is 5.34. The molecule has 9 aliphatic rings. The molecule has 0 unspecified atom stereocenters. The summed E-state index contributed by atoms with van der Waals surface area (Å²) in [6, 6.07) is 120. The second-order valence-corrected chi connectivity index (χ2v) is 41.8. The second-order valence-electron chi connectivity index (χ2n) is 40.2. The predicted molar refractivity (Wildman–Crippen MR) is 570 cm³/mol. The topological polar surface area (TPSA) is 162 Å². The van der Waals surface area contributed by atoms with Crippen molar-refractivity contribution in [2.75, 3.05) is 0 Å². The van der Waals surface area contributed by atoms with Crippen LogP contribution < -0.4 is 25.1 Å². The zero-order chi connectivity index (χ0) is 97.2. The molecule has 18 aromatic rings. The van der Waals surface area contributed by atoms with E-state index >= 15 is 0 Å². The molecule has 692 valence electrons. The summed E-state index contributed by atoms with van der Waals surface area (Å²) in [5, 5.41) is 22.4. The fourth-order valence-electron chi connectivity index (χ4n) is 22.3. The first kappa shape index (κ1) is 91.7. The summed E-state index contributed by atoms with van der Waals surface area (Å²) in [4.78, 5) is 13.7. The minimum Gasteiger partial charge on any atom is -0.456 e. The Morgan fingerprint density at radius 2 is 0.504 bits per heavy atom. The van der Waals surface area contributed by atoms with E-state index in [0.717, 1.165) is 122 Å². The third-order valence-electron chi connectivity index (χ3n) is 30.9. The molecule has 27 rings (SSSR count). The number of pyridine rings is 3. The summed E-state index contributed by atoms with van der Waals surface area (Å²) in [6.45, 7) is 24.6. The number of halogens is 3. The molecule has 0 bridgehead atoms. The van der Waals surface area contributed by atoms with Crippen LogP contribution in [0.5, 0.6) is 34.5 Å². The minimum absolute atomic E-state index is 0.360. The van der Waals surface area contributed by atoms with Crippen LogP contribution in [-0.4, -0.2) is 86.9 Å². The maximum atomic E-state index is 9.04. The van der Waals surface area contributed by atoms with Crippen LogP contribution in [0.15, 0.2) is 369 Å². The number of hydrogen-bond acceptors (Lipinski definition) is 14. The smallest absolute Gasteiger partial charge is 0.456 e. The summed E-state index contributed by atoms with van der Waals surface area (Å²) in [5.41, 5.74) is 25.6. The highest BCUT2D eigenvalue weighted by molar-refractivity contribution is 9.10. The van der Waals surface area contributed by atoms with Crippen molar-refractivity contribution >= 4 is 111 Å². The molecule has 3 aromatic heterocycles. The SMILES string of the molecule is CC1(C)OB(B2OC(C)(C)C(C)(C)O2)OC1(C)C.CC1(C)OB(c2cccc3c2Oc2c(-c4cccc5cccnc45)cccc2C32c3ccccc3-c3ccccc32)OC1(C)C.Clc1cccc2c1Oc1c(-c3cccc4cccnc34)cccc1C21c2ccccc2-c2ccccc21.Clc1cccc2c1Oc1c(Br)cccc1C21c2ccccc2-c2ccccc21.OB(O)c1cccc2cccnc12. The van der Waals surface area contributed by atoms with Crippen molar-refractivity contribution in [3.8, 4) is 90.1 Å². The van der Waals surface area contributed by atoms with Gasteiger partial charge in [-0.05, 0) is 208 Å². The molecule has 14 nitrogen and oxygen atoms in total. The van der Waals surface area contributed by atoms with Crippen LogP contribution in [0, 0.1) is 0 Å². The molecular formula is C120H98B4BrCl2N3O11. The number of aromatic nitrogens is 3. The molecule has 9 heterocycles. The Morgan fingerprint density at radius 1 is 0.248 bits per heavy atom. The largest absolute Gasteiger partial charge is 0.498 e. The minimum atomic E-state index is -1.46. The lowest BCUT2D eigenvalue weighted by Crippen LogP contribution is -2.41. The Kier molecular flexibility index (Phi) is 22.4. The quantitative estimate of drug-likeness (QED) is 0.157. The van der Waals surface area contributed by atoms with E-state index in [0.29, 0.717) is 26.8 Å². The maximum absolute atomic E-state index is 9.04. The van der Waals surface area contributed by atoms with Gasteiger partial charge in [-0.15, -0.1) is 0 Å². The number of benzene rings is 15. The van der Waals surface area contributed by atoms with Crippen molar-refractivity contribution in [3.05, 3.63) is 446 Å². The number of ether oxygens (including phenoxy) is 3. The van der Waals surface area contributed by atoms with Gasteiger partial charge in [0.05, 0.1) is 80.9 Å². The van der Waals surface area contributed by atoms with Gasteiger partial charge in [-0.2, -0.15) is 0 Å². The molecule has 15 aromatic carbocycles. The number of hydrogen-bond donors (Lipinski definition) is 2. The second kappa shape index (κ2) is 34.4. The van der Waals surface area contributed by atoms with Crippen molar-refractivity contribution in [2.24, 2.45) is 0 Å². The average molecular weight is 1950 g/mol. The van der Waals surface area contributed by atoms with E-state index in [4.69, 9.17) is 85.4 Å². The standard InChI is InChI=1S/C40H32BNO3.C34H20ClNO.C25H14BrClO.C12H24B2O4.C9H8BNO2/c1-38(2)39(3,4)45-41(44-38)34-23-11-22-33-37(34)43-36-29(28-17-9-13-25-14-12-24-42-35(25)28)18-10-21-32(36)40(33)30-19-7-5-15-26(30)27-16-6-8-20-31(27)40;35-30-19-7-18-29-33(30)37-32-25(24-13-5-9-21-10-8-20-36-31(21)24)14-6-17-28(32)34(29)26-15-3-1-11-22(26)23-12-2-4-16-27(23)34;26-21-13-5-11-19-23(21)28-24-20(12-6-14-22(24)27)25(19)17-9-3-1-7-15(17)16-8-2-4-10-18(16)25;1-9(2)10(3,4)16-13(15-9)14-17-11(5,6)12(7,8)18-14;12-10(13)8-5-1-3-7-4-2-6-11-9(7)8/h5-24H,1-4H3;1-20H;1-14H;1-8H3;1-6,12-13H. The van der Waals surface area contributed by atoms with Crippen LogP contribution in [0.3, 0.4) is 0 Å². The first-order valence-corrected chi connectivity index (χ1v) is 49.4. The van der Waals surface area contributed by atoms with E-state index < -0.39 is 55.7 Å².